The predicted octanol–water partition coefficient (Wildman–Crippen LogP) is 2.39. The van der Waals surface area contributed by atoms with Crippen molar-refractivity contribution in [1.29, 1.82) is 0 Å². The fourth-order valence-electron chi connectivity index (χ4n) is 3.56. The number of aliphatic hydroxyl groups is 1. The molecule has 26 heavy (non-hydrogen) atoms. The lowest BCUT2D eigenvalue weighted by Crippen LogP contribution is -2.37. The number of hydrogen-bond acceptors (Lipinski definition) is 4. The van der Waals surface area contributed by atoms with Gasteiger partial charge in [0, 0.05) is 6.54 Å². The highest BCUT2D eigenvalue weighted by Gasteiger charge is 2.32. The maximum atomic E-state index is 13.1. The van der Waals surface area contributed by atoms with Gasteiger partial charge in [0.05, 0.1) is 18.3 Å². The van der Waals surface area contributed by atoms with E-state index in [4.69, 9.17) is 0 Å². The Morgan fingerprint density at radius 1 is 1.15 bits per heavy atom. The Balaban J connectivity index is 1.62. The van der Waals surface area contributed by atoms with Crippen molar-refractivity contribution >= 4 is 5.91 Å². The van der Waals surface area contributed by atoms with E-state index in [1.54, 1.807) is 15.9 Å². The molecular formula is C20H20N4O2. The Hall–Kier alpha value is -2.99. The van der Waals surface area contributed by atoms with Crippen molar-refractivity contribution in [2.24, 2.45) is 0 Å². The number of para-hydroxylation sites is 1. The van der Waals surface area contributed by atoms with Crippen LogP contribution in [0, 0.1) is 0 Å². The van der Waals surface area contributed by atoms with Crippen LogP contribution in [0.5, 0.6) is 0 Å². The van der Waals surface area contributed by atoms with E-state index in [1.165, 1.54) is 5.56 Å². The first kappa shape index (κ1) is 16.5. The van der Waals surface area contributed by atoms with Crippen molar-refractivity contribution < 1.29 is 9.90 Å². The molecule has 6 heteroatoms. The van der Waals surface area contributed by atoms with Gasteiger partial charge in [0.1, 0.15) is 6.33 Å². The van der Waals surface area contributed by atoms with Gasteiger partial charge in [-0.05, 0) is 36.1 Å². The molecule has 1 amide bonds. The van der Waals surface area contributed by atoms with Gasteiger partial charge in [-0.3, -0.25) is 4.79 Å². The maximum absolute atomic E-state index is 13.1. The van der Waals surface area contributed by atoms with Crippen LogP contribution in [0.3, 0.4) is 0 Å². The normalized spacial score (nSPS) is 15.7. The number of carbonyl (C=O) groups is 1. The topological polar surface area (TPSA) is 71.2 Å². The SMILES string of the molecule is O=C(c1ncn(-c2ccccc2)n1)N(CCO)C1CCc2ccccc21. The van der Waals surface area contributed by atoms with Crippen LogP contribution in [0.2, 0.25) is 0 Å². The van der Waals surface area contributed by atoms with Gasteiger partial charge < -0.3 is 10.0 Å². The molecule has 1 aromatic heterocycles. The molecular weight excluding hydrogens is 328 g/mol. The van der Waals surface area contributed by atoms with Gasteiger partial charge in [0.25, 0.3) is 5.91 Å². The molecule has 1 unspecified atom stereocenters. The monoisotopic (exact) mass is 348 g/mol. The first-order valence-corrected chi connectivity index (χ1v) is 8.74. The van der Waals surface area contributed by atoms with Crippen LogP contribution in [0.4, 0.5) is 0 Å². The Morgan fingerprint density at radius 2 is 1.92 bits per heavy atom. The van der Waals surface area contributed by atoms with Crippen molar-refractivity contribution in [2.75, 3.05) is 13.2 Å². The van der Waals surface area contributed by atoms with Crippen molar-refractivity contribution in [2.45, 2.75) is 18.9 Å². The lowest BCUT2D eigenvalue weighted by Gasteiger charge is -2.28. The van der Waals surface area contributed by atoms with Gasteiger partial charge in [-0.25, -0.2) is 9.67 Å². The lowest BCUT2D eigenvalue weighted by molar-refractivity contribution is 0.0619. The number of aryl methyl sites for hydroxylation is 1. The molecule has 0 spiro atoms. The number of benzene rings is 2. The molecule has 4 rings (SSSR count). The summed E-state index contributed by atoms with van der Waals surface area (Å²) >= 11 is 0. The molecule has 0 saturated heterocycles. The summed E-state index contributed by atoms with van der Waals surface area (Å²) in [6.45, 7) is 0.168. The molecule has 6 nitrogen and oxygen atoms in total. The third kappa shape index (κ3) is 2.99. The minimum Gasteiger partial charge on any atom is -0.395 e. The summed E-state index contributed by atoms with van der Waals surface area (Å²) in [4.78, 5) is 18.9. The largest absolute Gasteiger partial charge is 0.395 e. The number of aliphatic hydroxyl groups excluding tert-OH is 1. The van der Waals surface area contributed by atoms with Crippen LogP contribution in [-0.2, 0) is 6.42 Å². The highest BCUT2D eigenvalue weighted by atomic mass is 16.3. The summed E-state index contributed by atoms with van der Waals surface area (Å²) in [6.07, 6.45) is 3.33. The van der Waals surface area contributed by atoms with E-state index in [2.05, 4.69) is 22.2 Å². The Kier molecular flexibility index (Phi) is 4.50. The number of rotatable bonds is 5. The molecule has 0 fully saturated rings. The van der Waals surface area contributed by atoms with E-state index >= 15 is 0 Å². The second-order valence-corrected chi connectivity index (χ2v) is 6.32. The molecule has 1 aliphatic rings. The molecule has 3 aromatic rings. The van der Waals surface area contributed by atoms with Crippen molar-refractivity contribution in [3.8, 4) is 5.69 Å². The summed E-state index contributed by atoms with van der Waals surface area (Å²) in [5, 5.41) is 13.8. The molecule has 132 valence electrons. The highest BCUT2D eigenvalue weighted by molar-refractivity contribution is 5.90. The van der Waals surface area contributed by atoms with Crippen LogP contribution in [0.25, 0.3) is 5.69 Å². The molecule has 2 aromatic carbocycles. The first-order chi connectivity index (χ1) is 12.8. The zero-order valence-corrected chi connectivity index (χ0v) is 14.3. The summed E-state index contributed by atoms with van der Waals surface area (Å²) < 4.78 is 1.59. The van der Waals surface area contributed by atoms with Crippen LogP contribution in [0.1, 0.15) is 34.2 Å². The number of nitrogens with zero attached hydrogens (tertiary/aromatic N) is 4. The number of fused-ring (bicyclic) bond motifs is 1. The van der Waals surface area contributed by atoms with E-state index in [-0.39, 0.29) is 30.9 Å². The summed E-state index contributed by atoms with van der Waals surface area (Å²) in [5.74, 6) is -0.109. The van der Waals surface area contributed by atoms with E-state index in [0.717, 1.165) is 24.1 Å². The molecule has 0 bridgehead atoms. The molecule has 1 aliphatic carbocycles. The van der Waals surface area contributed by atoms with Crippen LogP contribution >= 0.6 is 0 Å². The average molecular weight is 348 g/mol. The number of amides is 1. The number of carbonyl (C=O) groups excluding carboxylic acids is 1. The Labute approximate surface area is 151 Å². The van der Waals surface area contributed by atoms with Gasteiger partial charge in [0.2, 0.25) is 5.82 Å². The molecule has 1 N–H and O–H groups in total. The average Bonchev–Trinajstić information content (AvgIpc) is 3.34. The number of aromatic nitrogens is 3. The molecule has 0 aliphatic heterocycles. The fraction of sp³-hybridized carbons (Fsp3) is 0.250. The molecule has 1 atom stereocenters. The van der Waals surface area contributed by atoms with Gasteiger partial charge in [0.15, 0.2) is 0 Å². The van der Waals surface area contributed by atoms with Crippen molar-refractivity contribution in [3.63, 3.8) is 0 Å². The van der Waals surface area contributed by atoms with Crippen LogP contribution in [0.15, 0.2) is 60.9 Å². The van der Waals surface area contributed by atoms with Gasteiger partial charge in [-0.15, -0.1) is 5.10 Å². The maximum Gasteiger partial charge on any atom is 0.294 e. The fourth-order valence-corrected chi connectivity index (χ4v) is 3.56. The Morgan fingerprint density at radius 3 is 2.73 bits per heavy atom. The standard InChI is InChI=1S/C20H20N4O2/c25-13-12-23(18-11-10-15-6-4-5-9-17(15)18)20(26)19-21-14-24(22-19)16-7-2-1-3-8-16/h1-9,14,18,25H,10-13H2. The first-order valence-electron chi connectivity index (χ1n) is 8.74. The zero-order chi connectivity index (χ0) is 17.9. The van der Waals surface area contributed by atoms with Crippen molar-refractivity contribution in [3.05, 3.63) is 77.9 Å². The zero-order valence-electron chi connectivity index (χ0n) is 14.3. The predicted molar refractivity (Wildman–Crippen MR) is 97.0 cm³/mol. The molecule has 0 saturated carbocycles. The van der Waals surface area contributed by atoms with Gasteiger partial charge >= 0.3 is 0 Å². The highest BCUT2D eigenvalue weighted by Crippen LogP contribution is 2.35. The summed E-state index contributed by atoms with van der Waals surface area (Å²) in [6, 6.07) is 17.7. The van der Waals surface area contributed by atoms with Gasteiger partial charge in [-0.1, -0.05) is 42.5 Å². The number of hydrogen-bond donors (Lipinski definition) is 1. The summed E-state index contributed by atoms with van der Waals surface area (Å²) in [5.41, 5.74) is 3.26. The third-order valence-corrected chi connectivity index (χ3v) is 4.78. The molecule has 1 heterocycles. The third-order valence-electron chi connectivity index (χ3n) is 4.78. The van der Waals surface area contributed by atoms with Crippen LogP contribution in [-0.4, -0.2) is 43.8 Å². The van der Waals surface area contributed by atoms with E-state index in [1.807, 2.05) is 42.5 Å². The lowest BCUT2D eigenvalue weighted by atomic mass is 10.1. The molecule has 0 radical (unpaired) electrons. The van der Waals surface area contributed by atoms with Crippen LogP contribution < -0.4 is 0 Å². The van der Waals surface area contributed by atoms with E-state index in [9.17, 15) is 9.90 Å². The Bertz CT molecular complexity index is 907. The van der Waals surface area contributed by atoms with E-state index in [0.29, 0.717) is 0 Å². The smallest absolute Gasteiger partial charge is 0.294 e. The second-order valence-electron chi connectivity index (χ2n) is 6.32. The summed E-state index contributed by atoms with van der Waals surface area (Å²) in [7, 11) is 0. The van der Waals surface area contributed by atoms with Crippen molar-refractivity contribution in [1.82, 2.24) is 19.7 Å². The van der Waals surface area contributed by atoms with Gasteiger partial charge in [-0.2, -0.15) is 0 Å². The minimum atomic E-state index is -0.254. The minimum absolute atomic E-state index is 0.0467. The quantitative estimate of drug-likeness (QED) is 0.768. The second kappa shape index (κ2) is 7.09. The van der Waals surface area contributed by atoms with E-state index < -0.39 is 0 Å².